The van der Waals surface area contributed by atoms with E-state index in [-0.39, 0.29) is 17.5 Å². The van der Waals surface area contributed by atoms with Gasteiger partial charge in [0.2, 0.25) is 5.91 Å². The number of carbonyl (C=O) groups is 2. The highest BCUT2D eigenvalue weighted by Gasteiger charge is 2.11. The van der Waals surface area contributed by atoms with Crippen LogP contribution in [0.2, 0.25) is 0 Å². The molecule has 0 saturated carbocycles. The van der Waals surface area contributed by atoms with Crippen molar-refractivity contribution in [2.24, 2.45) is 0 Å². The minimum Gasteiger partial charge on any atom is -0.478 e. The van der Waals surface area contributed by atoms with Crippen molar-refractivity contribution in [2.75, 3.05) is 13.1 Å². The van der Waals surface area contributed by atoms with Crippen molar-refractivity contribution in [2.45, 2.75) is 33.4 Å². The number of amides is 1. The van der Waals surface area contributed by atoms with Crippen molar-refractivity contribution in [1.29, 1.82) is 0 Å². The standard InChI is InChI=1S/C15H22N2O3/c1-4-17(10-14(18)16-11(2)3)9-12-5-7-13(8-6-12)15(19)20/h5-8,11H,4,9-10H2,1-3H3,(H,16,18)(H,19,20). The first-order valence-corrected chi connectivity index (χ1v) is 6.76. The van der Waals surface area contributed by atoms with Gasteiger partial charge in [-0.25, -0.2) is 4.79 Å². The quantitative estimate of drug-likeness (QED) is 0.797. The molecule has 0 radical (unpaired) electrons. The predicted octanol–water partition coefficient (Wildman–Crippen LogP) is 1.73. The van der Waals surface area contributed by atoms with Crippen LogP contribution in [0.25, 0.3) is 0 Å². The maximum absolute atomic E-state index is 11.7. The molecule has 1 rings (SSSR count). The number of carbonyl (C=O) groups excluding carboxylic acids is 1. The number of nitrogens with zero attached hydrogens (tertiary/aromatic N) is 1. The topological polar surface area (TPSA) is 69.6 Å². The Morgan fingerprint density at radius 2 is 1.85 bits per heavy atom. The Morgan fingerprint density at radius 1 is 1.25 bits per heavy atom. The Kier molecular flexibility index (Phi) is 6.18. The van der Waals surface area contributed by atoms with Gasteiger partial charge in [-0.3, -0.25) is 9.69 Å². The Balaban J connectivity index is 2.59. The van der Waals surface area contributed by atoms with Gasteiger partial charge >= 0.3 is 5.97 Å². The van der Waals surface area contributed by atoms with E-state index in [4.69, 9.17) is 5.11 Å². The average Bonchev–Trinajstić information content (AvgIpc) is 2.37. The first-order chi connectivity index (χ1) is 9.42. The van der Waals surface area contributed by atoms with Crippen molar-refractivity contribution in [3.05, 3.63) is 35.4 Å². The zero-order valence-electron chi connectivity index (χ0n) is 12.2. The van der Waals surface area contributed by atoms with E-state index in [1.807, 2.05) is 25.7 Å². The van der Waals surface area contributed by atoms with Gasteiger partial charge < -0.3 is 10.4 Å². The molecule has 0 saturated heterocycles. The van der Waals surface area contributed by atoms with E-state index in [0.29, 0.717) is 13.1 Å². The largest absolute Gasteiger partial charge is 0.478 e. The van der Waals surface area contributed by atoms with E-state index >= 15 is 0 Å². The number of carboxylic acid groups (broad SMARTS) is 1. The van der Waals surface area contributed by atoms with Crippen LogP contribution < -0.4 is 5.32 Å². The van der Waals surface area contributed by atoms with Gasteiger partial charge in [-0.15, -0.1) is 0 Å². The van der Waals surface area contributed by atoms with Gasteiger partial charge in [-0.2, -0.15) is 0 Å². The van der Waals surface area contributed by atoms with Crippen LogP contribution in [0.4, 0.5) is 0 Å². The first-order valence-electron chi connectivity index (χ1n) is 6.76. The molecule has 0 aliphatic carbocycles. The fourth-order valence-electron chi connectivity index (χ4n) is 1.86. The molecule has 110 valence electrons. The van der Waals surface area contributed by atoms with Crippen LogP contribution in [-0.4, -0.2) is 41.0 Å². The van der Waals surface area contributed by atoms with Crippen LogP contribution in [0, 0.1) is 0 Å². The second-order valence-electron chi connectivity index (χ2n) is 5.03. The lowest BCUT2D eigenvalue weighted by Crippen LogP contribution is -2.39. The molecule has 0 unspecified atom stereocenters. The fourth-order valence-corrected chi connectivity index (χ4v) is 1.86. The number of carboxylic acids is 1. The monoisotopic (exact) mass is 278 g/mol. The molecule has 0 aliphatic rings. The molecule has 0 heterocycles. The minimum absolute atomic E-state index is 0.00371. The van der Waals surface area contributed by atoms with Crippen LogP contribution in [0.5, 0.6) is 0 Å². The van der Waals surface area contributed by atoms with Gasteiger partial charge in [0.25, 0.3) is 0 Å². The van der Waals surface area contributed by atoms with Crippen molar-refractivity contribution in [3.8, 4) is 0 Å². The number of nitrogens with one attached hydrogen (secondary N) is 1. The molecule has 1 aromatic rings. The van der Waals surface area contributed by atoms with Gasteiger partial charge in [0.15, 0.2) is 0 Å². The van der Waals surface area contributed by atoms with Crippen molar-refractivity contribution >= 4 is 11.9 Å². The molecule has 0 aliphatic heterocycles. The molecule has 0 spiro atoms. The Morgan fingerprint density at radius 3 is 2.30 bits per heavy atom. The lowest BCUT2D eigenvalue weighted by Gasteiger charge is -2.20. The maximum atomic E-state index is 11.7. The van der Waals surface area contributed by atoms with E-state index in [9.17, 15) is 9.59 Å². The summed E-state index contributed by atoms with van der Waals surface area (Å²) in [6.07, 6.45) is 0. The number of aromatic carboxylic acids is 1. The van der Waals surface area contributed by atoms with Gasteiger partial charge in [-0.05, 0) is 38.1 Å². The molecule has 5 heteroatoms. The molecule has 2 N–H and O–H groups in total. The summed E-state index contributed by atoms with van der Waals surface area (Å²) in [7, 11) is 0. The number of likely N-dealkylation sites (N-methyl/N-ethyl adjacent to an activating group) is 1. The van der Waals surface area contributed by atoms with Crippen molar-refractivity contribution in [1.82, 2.24) is 10.2 Å². The number of hydrogen-bond donors (Lipinski definition) is 2. The van der Waals surface area contributed by atoms with Crippen LogP contribution in [0.1, 0.15) is 36.7 Å². The molecule has 0 atom stereocenters. The molecular formula is C15H22N2O3. The summed E-state index contributed by atoms with van der Waals surface area (Å²) in [5.74, 6) is -0.927. The van der Waals surface area contributed by atoms with E-state index < -0.39 is 5.97 Å². The van der Waals surface area contributed by atoms with E-state index in [0.717, 1.165) is 12.1 Å². The Bertz CT molecular complexity index is 455. The molecular weight excluding hydrogens is 256 g/mol. The minimum atomic E-state index is -0.930. The SMILES string of the molecule is CCN(CC(=O)NC(C)C)Cc1ccc(C(=O)O)cc1. The maximum Gasteiger partial charge on any atom is 0.335 e. The third-order valence-electron chi connectivity index (χ3n) is 2.87. The van der Waals surface area contributed by atoms with E-state index in [1.165, 1.54) is 0 Å². The van der Waals surface area contributed by atoms with Crippen LogP contribution in [0.3, 0.4) is 0 Å². The number of rotatable bonds is 7. The molecule has 20 heavy (non-hydrogen) atoms. The van der Waals surface area contributed by atoms with Gasteiger partial charge in [0, 0.05) is 12.6 Å². The van der Waals surface area contributed by atoms with E-state index in [2.05, 4.69) is 5.32 Å². The Labute approximate surface area is 119 Å². The van der Waals surface area contributed by atoms with Crippen LogP contribution in [-0.2, 0) is 11.3 Å². The van der Waals surface area contributed by atoms with Gasteiger partial charge in [0.05, 0.1) is 12.1 Å². The summed E-state index contributed by atoms with van der Waals surface area (Å²) in [6, 6.07) is 6.87. The van der Waals surface area contributed by atoms with Crippen molar-refractivity contribution in [3.63, 3.8) is 0 Å². The highest BCUT2D eigenvalue weighted by Crippen LogP contribution is 2.07. The van der Waals surface area contributed by atoms with Gasteiger partial charge in [0.1, 0.15) is 0 Å². The summed E-state index contributed by atoms with van der Waals surface area (Å²) >= 11 is 0. The highest BCUT2D eigenvalue weighted by molar-refractivity contribution is 5.87. The number of benzene rings is 1. The zero-order valence-corrected chi connectivity index (χ0v) is 12.2. The third-order valence-corrected chi connectivity index (χ3v) is 2.87. The number of hydrogen-bond acceptors (Lipinski definition) is 3. The lowest BCUT2D eigenvalue weighted by molar-refractivity contribution is -0.122. The van der Waals surface area contributed by atoms with Crippen LogP contribution >= 0.6 is 0 Å². The average molecular weight is 278 g/mol. The lowest BCUT2D eigenvalue weighted by atomic mass is 10.1. The Hall–Kier alpha value is -1.88. The smallest absolute Gasteiger partial charge is 0.335 e. The van der Waals surface area contributed by atoms with Crippen molar-refractivity contribution < 1.29 is 14.7 Å². The molecule has 0 fully saturated rings. The first kappa shape index (κ1) is 16.2. The molecule has 1 amide bonds. The zero-order chi connectivity index (χ0) is 15.1. The second-order valence-corrected chi connectivity index (χ2v) is 5.03. The van der Waals surface area contributed by atoms with Crippen LogP contribution in [0.15, 0.2) is 24.3 Å². The molecule has 0 bridgehead atoms. The predicted molar refractivity (Wildman–Crippen MR) is 77.6 cm³/mol. The summed E-state index contributed by atoms with van der Waals surface area (Å²) < 4.78 is 0. The van der Waals surface area contributed by atoms with E-state index in [1.54, 1.807) is 24.3 Å². The summed E-state index contributed by atoms with van der Waals surface area (Å²) in [5.41, 5.74) is 1.27. The normalized spacial score (nSPS) is 10.8. The highest BCUT2D eigenvalue weighted by atomic mass is 16.4. The molecule has 0 aromatic heterocycles. The van der Waals surface area contributed by atoms with Gasteiger partial charge in [-0.1, -0.05) is 19.1 Å². The third kappa shape index (κ3) is 5.40. The summed E-state index contributed by atoms with van der Waals surface area (Å²) in [6.45, 7) is 7.58. The molecule has 1 aromatic carbocycles. The molecule has 5 nitrogen and oxygen atoms in total. The second kappa shape index (κ2) is 7.65. The summed E-state index contributed by atoms with van der Waals surface area (Å²) in [4.78, 5) is 24.5. The fraction of sp³-hybridized carbons (Fsp3) is 0.467. The summed E-state index contributed by atoms with van der Waals surface area (Å²) in [5, 5.41) is 11.7.